The fourth-order valence-electron chi connectivity index (χ4n) is 11.1. The van der Waals surface area contributed by atoms with Crippen molar-refractivity contribution in [2.45, 2.75) is 78.6 Å². The molecule has 6 heterocycles. The van der Waals surface area contributed by atoms with Gasteiger partial charge in [0, 0.05) is 139 Å². The van der Waals surface area contributed by atoms with Gasteiger partial charge in [-0.3, -0.25) is 58.5 Å². The van der Waals surface area contributed by atoms with Gasteiger partial charge in [0.05, 0.1) is 17.7 Å². The predicted molar refractivity (Wildman–Crippen MR) is 278 cm³/mol. The maximum absolute atomic E-state index is 14.0. The number of nitrogens with zero attached hydrogens (tertiary/aromatic N) is 6. The molecular weight excluding hydrogens is 929 g/mol. The van der Waals surface area contributed by atoms with Crippen molar-refractivity contribution in [1.82, 2.24) is 40.1 Å². The second-order valence-electron chi connectivity index (χ2n) is 20.0. The SMILES string of the molecule is CCN(c1cc(-c2ccc(CN3CCN(CC(=O)N4CCN(CCNc5cccc6c5C(=O)N(C5CCC(=O)NC5=O)C6=O)CC4)CC3)cc2)cc(C(=O)NCc2c(C)cc(C)[nH]c2=O)c1C)C1CCOCC1. The Balaban J connectivity index is 0.747. The highest BCUT2D eigenvalue weighted by Gasteiger charge is 2.45. The van der Waals surface area contributed by atoms with Crippen LogP contribution in [-0.4, -0.2) is 169 Å². The molecule has 1 unspecified atom stereocenters. The first-order valence-electron chi connectivity index (χ1n) is 25.9. The number of amides is 6. The number of anilines is 2. The van der Waals surface area contributed by atoms with Crippen LogP contribution in [0.2, 0.25) is 0 Å². The van der Waals surface area contributed by atoms with E-state index in [-0.39, 0.29) is 47.9 Å². The third-order valence-electron chi connectivity index (χ3n) is 15.3. The number of carbonyl (C=O) groups excluding carboxylic acids is 6. The summed E-state index contributed by atoms with van der Waals surface area (Å²) in [7, 11) is 0. The van der Waals surface area contributed by atoms with Crippen LogP contribution >= 0.6 is 0 Å². The smallest absolute Gasteiger partial charge is 0.264 e. The zero-order valence-corrected chi connectivity index (χ0v) is 42.5. The zero-order chi connectivity index (χ0) is 51.3. The van der Waals surface area contributed by atoms with Crippen LogP contribution in [0, 0.1) is 20.8 Å². The van der Waals surface area contributed by atoms with E-state index in [0.29, 0.717) is 68.8 Å². The Morgan fingerprint density at radius 2 is 1.51 bits per heavy atom. The summed E-state index contributed by atoms with van der Waals surface area (Å²) in [6.07, 6.45) is 2.00. The number of piperidine rings is 1. The van der Waals surface area contributed by atoms with Crippen LogP contribution in [0.4, 0.5) is 11.4 Å². The van der Waals surface area contributed by atoms with Crippen molar-refractivity contribution < 1.29 is 33.5 Å². The highest BCUT2D eigenvalue weighted by molar-refractivity contribution is 6.25. The Morgan fingerprint density at radius 1 is 0.795 bits per heavy atom. The third-order valence-corrected chi connectivity index (χ3v) is 15.3. The number of pyridine rings is 1. The number of fused-ring (bicyclic) bond motifs is 1. The van der Waals surface area contributed by atoms with Gasteiger partial charge in [-0.2, -0.15) is 0 Å². The average molecular weight is 997 g/mol. The van der Waals surface area contributed by atoms with Gasteiger partial charge in [-0.25, -0.2) is 0 Å². The molecule has 18 nitrogen and oxygen atoms in total. The fraction of sp³-hybridized carbons (Fsp3) is 0.473. The Bertz CT molecular complexity index is 2810. The minimum atomic E-state index is -1.02. The number of imide groups is 2. The van der Waals surface area contributed by atoms with Crippen molar-refractivity contribution in [2.24, 2.45) is 0 Å². The van der Waals surface area contributed by atoms with Gasteiger partial charge in [0.15, 0.2) is 0 Å². The molecule has 1 aromatic heterocycles. The van der Waals surface area contributed by atoms with Crippen LogP contribution in [0.15, 0.2) is 65.5 Å². The van der Waals surface area contributed by atoms with E-state index in [1.807, 2.05) is 37.8 Å². The lowest BCUT2D eigenvalue weighted by Gasteiger charge is -2.38. The molecule has 4 fully saturated rings. The van der Waals surface area contributed by atoms with Crippen molar-refractivity contribution in [2.75, 3.05) is 102 Å². The van der Waals surface area contributed by atoms with Crippen molar-refractivity contribution in [1.29, 1.82) is 0 Å². The largest absolute Gasteiger partial charge is 0.383 e. The van der Waals surface area contributed by atoms with Crippen LogP contribution in [0.25, 0.3) is 11.1 Å². The van der Waals surface area contributed by atoms with E-state index >= 15 is 0 Å². The summed E-state index contributed by atoms with van der Waals surface area (Å²) in [5, 5.41) is 8.61. The number of hydrogen-bond donors (Lipinski definition) is 4. The van der Waals surface area contributed by atoms with E-state index in [4.69, 9.17) is 4.74 Å². The number of aromatic amines is 1. The van der Waals surface area contributed by atoms with E-state index in [0.717, 1.165) is 104 Å². The third kappa shape index (κ3) is 11.4. The number of nitrogens with one attached hydrogen (secondary N) is 4. The highest BCUT2D eigenvalue weighted by Crippen LogP contribution is 2.35. The first-order chi connectivity index (χ1) is 35.3. The minimum Gasteiger partial charge on any atom is -0.383 e. The maximum atomic E-state index is 14.0. The molecule has 386 valence electrons. The van der Waals surface area contributed by atoms with Gasteiger partial charge in [0.25, 0.3) is 23.3 Å². The van der Waals surface area contributed by atoms with Crippen molar-refractivity contribution in [3.8, 4) is 11.1 Å². The number of hydrogen-bond acceptors (Lipinski definition) is 13. The van der Waals surface area contributed by atoms with Crippen molar-refractivity contribution in [3.63, 3.8) is 0 Å². The second-order valence-corrected chi connectivity index (χ2v) is 20.0. The molecule has 4 aromatic rings. The number of carbonyl (C=O) groups is 6. The molecule has 73 heavy (non-hydrogen) atoms. The van der Waals surface area contributed by atoms with E-state index in [1.54, 1.807) is 18.2 Å². The molecule has 1 atom stereocenters. The molecule has 18 heteroatoms. The monoisotopic (exact) mass is 997 g/mol. The normalized spacial score (nSPS) is 19.3. The molecule has 0 spiro atoms. The molecule has 6 amide bonds. The number of rotatable bonds is 16. The lowest BCUT2D eigenvalue weighted by atomic mass is 9.94. The summed E-state index contributed by atoms with van der Waals surface area (Å²) < 4.78 is 5.71. The summed E-state index contributed by atoms with van der Waals surface area (Å²) in [6.45, 7) is 18.6. The van der Waals surface area contributed by atoms with Crippen LogP contribution < -0.4 is 26.4 Å². The first kappa shape index (κ1) is 51.2. The molecule has 3 aromatic carbocycles. The van der Waals surface area contributed by atoms with Crippen molar-refractivity contribution in [3.05, 3.63) is 116 Å². The zero-order valence-electron chi connectivity index (χ0n) is 42.5. The van der Waals surface area contributed by atoms with Gasteiger partial charge in [0.1, 0.15) is 6.04 Å². The fourth-order valence-corrected chi connectivity index (χ4v) is 11.1. The lowest BCUT2D eigenvalue weighted by molar-refractivity contribution is -0.136. The van der Waals surface area contributed by atoms with Gasteiger partial charge < -0.3 is 30.2 Å². The molecule has 0 bridgehead atoms. The quantitative estimate of drug-likeness (QED) is 0.119. The Labute approximate surface area is 426 Å². The number of piperazine rings is 2. The van der Waals surface area contributed by atoms with Gasteiger partial charge in [-0.05, 0) is 105 Å². The molecule has 5 aliphatic rings. The maximum Gasteiger partial charge on any atom is 0.264 e. The minimum absolute atomic E-state index is 0.0634. The lowest BCUT2D eigenvalue weighted by Crippen LogP contribution is -2.54. The molecule has 0 radical (unpaired) electrons. The first-order valence-corrected chi connectivity index (χ1v) is 25.9. The van der Waals surface area contributed by atoms with Gasteiger partial charge >= 0.3 is 0 Å². The van der Waals surface area contributed by atoms with Gasteiger partial charge in [-0.1, -0.05) is 30.3 Å². The van der Waals surface area contributed by atoms with E-state index in [1.165, 1.54) is 5.56 Å². The molecule has 4 N–H and O–H groups in total. The number of aryl methyl sites for hydroxylation is 2. The molecule has 9 rings (SSSR count). The number of ether oxygens (including phenoxy) is 1. The van der Waals surface area contributed by atoms with Crippen LogP contribution in [0.3, 0.4) is 0 Å². The molecule has 0 aliphatic carbocycles. The summed E-state index contributed by atoms with van der Waals surface area (Å²) in [5.41, 5.74) is 8.67. The Kier molecular flexibility index (Phi) is 15.8. The molecular formula is C55H68N10O8. The highest BCUT2D eigenvalue weighted by atomic mass is 16.5. The van der Waals surface area contributed by atoms with Crippen LogP contribution in [0.1, 0.15) is 91.6 Å². The topological polar surface area (TPSA) is 200 Å². The molecule has 5 aliphatic heterocycles. The molecule has 0 saturated carbocycles. The van der Waals surface area contributed by atoms with E-state index < -0.39 is 29.7 Å². The average Bonchev–Trinajstić information content (AvgIpc) is 3.64. The predicted octanol–water partition coefficient (Wildman–Crippen LogP) is 3.68. The van der Waals surface area contributed by atoms with Gasteiger partial charge in [0.2, 0.25) is 17.7 Å². The number of benzene rings is 3. The summed E-state index contributed by atoms with van der Waals surface area (Å²) in [5.74, 6) is -2.21. The Morgan fingerprint density at radius 3 is 2.21 bits per heavy atom. The van der Waals surface area contributed by atoms with Crippen molar-refractivity contribution >= 4 is 46.8 Å². The van der Waals surface area contributed by atoms with E-state index in [2.05, 4.69) is 77.8 Å². The van der Waals surface area contributed by atoms with Crippen LogP contribution in [-0.2, 0) is 32.2 Å². The number of H-pyrrole nitrogens is 1. The summed E-state index contributed by atoms with van der Waals surface area (Å²) >= 11 is 0. The summed E-state index contributed by atoms with van der Waals surface area (Å²) in [6, 6.07) is 19.0. The number of aromatic nitrogens is 1. The van der Waals surface area contributed by atoms with Gasteiger partial charge in [-0.15, -0.1) is 0 Å². The van der Waals surface area contributed by atoms with E-state index in [9.17, 15) is 33.6 Å². The second kappa shape index (κ2) is 22.6. The van der Waals surface area contributed by atoms with Crippen LogP contribution in [0.5, 0.6) is 0 Å². The Hall–Kier alpha value is -6.73. The summed E-state index contributed by atoms with van der Waals surface area (Å²) in [4.78, 5) is 106. The standard InChI is InChI=1S/C55H68N10O8/c1-5-64(41-15-27-73-28-16-41)47-31-40(30-43(37(47)4)51(68)57-32-44-35(2)29-36(3)58-52(44)69)39-11-9-38(10-12-39)33-61-19-21-62(22-20-61)34-49(67)63-25-23-60(24-26-63)18-17-56-45-8-6-7-42-50(45)55(72)65(54(42)71)46-13-14-48(66)59-53(46)70/h6-12,29-31,41,46,56H,5,13-28,32-34H2,1-4H3,(H,57,68)(H,58,69)(H,59,66,70). The molecule has 4 saturated heterocycles.